The Hall–Kier alpha value is -0.184. The number of hydrogen-bond acceptors (Lipinski definition) is 1. The van der Waals surface area contributed by atoms with Gasteiger partial charge in [-0.2, -0.15) is 0 Å². The van der Waals surface area contributed by atoms with Crippen LogP contribution in [-0.2, 0) is 16.1 Å². The van der Waals surface area contributed by atoms with Crippen LogP contribution in [0.3, 0.4) is 0 Å². The molecule has 0 N–H and O–H groups in total. The fourth-order valence-corrected chi connectivity index (χ4v) is 0.608. The summed E-state index contributed by atoms with van der Waals surface area (Å²) in [5, 5.41) is 0. The standard InChI is InChI=1S/C6H6O.ClH.Co/c7-6-4-2-1-3-5-6;;/h1-5,7H;1H;/q;;+2/p-2. The molecule has 0 amide bonds. The number of hydrogen-bond donors (Lipinski definition) is 0. The Balaban J connectivity index is 0.000000640. The van der Waals surface area contributed by atoms with Gasteiger partial charge in [-0.05, 0) is 0 Å². The maximum atomic E-state index is 4.60. The van der Waals surface area contributed by atoms with Crippen molar-refractivity contribution in [1.29, 1.82) is 0 Å². The van der Waals surface area contributed by atoms with Gasteiger partial charge in [-0.15, -0.1) is 0 Å². The van der Waals surface area contributed by atoms with Crippen LogP contribution in [0.5, 0.6) is 5.75 Å². The molecule has 9 heavy (non-hydrogen) atoms. The van der Waals surface area contributed by atoms with Gasteiger partial charge in [0.15, 0.2) is 0 Å². The van der Waals surface area contributed by atoms with Gasteiger partial charge in [0.25, 0.3) is 0 Å². The zero-order valence-corrected chi connectivity index (χ0v) is 6.30. The van der Waals surface area contributed by atoms with Gasteiger partial charge in [-0.25, -0.2) is 0 Å². The van der Waals surface area contributed by atoms with E-state index in [4.69, 9.17) is 0 Å². The molecule has 1 aromatic rings. The Bertz CT molecular complexity index is 154. The molecule has 0 aromatic heterocycles. The van der Waals surface area contributed by atoms with E-state index in [2.05, 4.69) is 19.9 Å². The summed E-state index contributed by atoms with van der Waals surface area (Å²) >= 11 is 3.65. The predicted octanol–water partition coefficient (Wildman–Crippen LogP) is -1.47. The van der Waals surface area contributed by atoms with Crippen molar-refractivity contribution in [2.45, 2.75) is 0 Å². The third-order valence-electron chi connectivity index (χ3n) is 0.822. The van der Waals surface area contributed by atoms with E-state index in [-0.39, 0.29) is 12.4 Å². The molecular formula is C6H5ClCoO. The van der Waals surface area contributed by atoms with E-state index in [1.54, 1.807) is 0 Å². The van der Waals surface area contributed by atoms with Gasteiger partial charge in [0.1, 0.15) is 0 Å². The van der Waals surface area contributed by atoms with Crippen LogP contribution in [0.2, 0.25) is 0 Å². The quantitative estimate of drug-likeness (QED) is 0.522. The summed E-state index contributed by atoms with van der Waals surface area (Å²) in [6.45, 7) is 0. The first-order chi connectivity index (χ1) is 3.93. The molecule has 0 unspecified atom stereocenters. The SMILES string of the molecule is [Cl-].[Co+][O]c1ccccc1. The summed E-state index contributed by atoms with van der Waals surface area (Å²) in [7, 11) is 0. The Morgan fingerprint density at radius 2 is 1.67 bits per heavy atom. The summed E-state index contributed by atoms with van der Waals surface area (Å²) < 4.78 is 4.60. The Labute approximate surface area is 68.7 Å². The van der Waals surface area contributed by atoms with Crippen molar-refractivity contribution >= 4 is 0 Å². The van der Waals surface area contributed by atoms with Crippen LogP contribution in [0.15, 0.2) is 30.3 Å². The molecular weight excluding hydrogens is 182 g/mol. The molecule has 0 atom stereocenters. The van der Waals surface area contributed by atoms with Crippen molar-refractivity contribution in [1.82, 2.24) is 0 Å². The molecule has 0 aliphatic rings. The Morgan fingerprint density at radius 1 is 1.11 bits per heavy atom. The summed E-state index contributed by atoms with van der Waals surface area (Å²) in [6, 6.07) is 9.39. The summed E-state index contributed by atoms with van der Waals surface area (Å²) in [4.78, 5) is 0. The van der Waals surface area contributed by atoms with Crippen molar-refractivity contribution in [2.75, 3.05) is 0 Å². The summed E-state index contributed by atoms with van der Waals surface area (Å²) in [5.41, 5.74) is 0. The van der Waals surface area contributed by atoms with Crippen LogP contribution in [-0.4, -0.2) is 0 Å². The van der Waals surface area contributed by atoms with Crippen LogP contribution >= 0.6 is 0 Å². The normalized spacial score (nSPS) is 7.67. The Morgan fingerprint density at radius 3 is 2.00 bits per heavy atom. The van der Waals surface area contributed by atoms with Gasteiger partial charge in [0.2, 0.25) is 0 Å². The van der Waals surface area contributed by atoms with Crippen LogP contribution in [0.1, 0.15) is 0 Å². The minimum absolute atomic E-state index is 0. The van der Waals surface area contributed by atoms with Crippen LogP contribution in [0, 0.1) is 0 Å². The molecule has 1 rings (SSSR count). The molecule has 0 fully saturated rings. The van der Waals surface area contributed by atoms with Crippen LogP contribution < -0.4 is 16.3 Å². The van der Waals surface area contributed by atoms with Gasteiger partial charge in [0.05, 0.1) is 0 Å². The minimum atomic E-state index is 0. The van der Waals surface area contributed by atoms with E-state index in [1.807, 2.05) is 30.3 Å². The third-order valence-corrected chi connectivity index (χ3v) is 1.07. The van der Waals surface area contributed by atoms with E-state index in [9.17, 15) is 0 Å². The fourth-order valence-electron chi connectivity index (χ4n) is 0.466. The monoisotopic (exact) mass is 187 g/mol. The van der Waals surface area contributed by atoms with Crippen molar-refractivity contribution in [3.63, 3.8) is 0 Å². The van der Waals surface area contributed by atoms with E-state index in [1.165, 1.54) is 0 Å². The number of para-hydroxylation sites is 1. The third kappa shape index (κ3) is 2.74. The van der Waals surface area contributed by atoms with E-state index in [0.717, 1.165) is 5.75 Å². The molecule has 0 aliphatic heterocycles. The second kappa shape index (κ2) is 4.67. The Kier molecular flexibility index (Phi) is 4.58. The topological polar surface area (TPSA) is 9.23 Å². The molecule has 0 saturated carbocycles. The molecule has 1 nitrogen and oxygen atoms in total. The van der Waals surface area contributed by atoms with E-state index in [0.29, 0.717) is 0 Å². The van der Waals surface area contributed by atoms with Gasteiger partial charge in [-0.1, -0.05) is 0 Å². The van der Waals surface area contributed by atoms with Gasteiger partial charge in [0, 0.05) is 0 Å². The van der Waals surface area contributed by atoms with E-state index >= 15 is 0 Å². The fraction of sp³-hybridized carbons (Fsp3) is 0. The molecule has 0 heterocycles. The molecule has 0 aliphatic carbocycles. The summed E-state index contributed by atoms with van der Waals surface area (Å²) in [5.74, 6) is 0.771. The number of benzene rings is 1. The average molecular weight is 187 g/mol. The maximum absolute atomic E-state index is 4.60. The molecule has 1 aromatic carbocycles. The molecule has 0 spiro atoms. The van der Waals surface area contributed by atoms with Crippen molar-refractivity contribution in [3.05, 3.63) is 30.3 Å². The second-order valence-electron chi connectivity index (χ2n) is 1.38. The number of rotatable bonds is 1. The average Bonchev–Trinajstić information content (AvgIpc) is 1.90. The molecule has 0 bridgehead atoms. The predicted molar refractivity (Wildman–Crippen MR) is 27.1 cm³/mol. The van der Waals surface area contributed by atoms with Crippen molar-refractivity contribution in [3.8, 4) is 5.75 Å². The summed E-state index contributed by atoms with van der Waals surface area (Å²) in [6.07, 6.45) is 0. The molecule has 0 saturated heterocycles. The second-order valence-corrected chi connectivity index (χ2v) is 1.59. The molecule has 51 valence electrons. The first-order valence-electron chi connectivity index (χ1n) is 2.25. The van der Waals surface area contributed by atoms with Crippen LogP contribution in [0.4, 0.5) is 0 Å². The van der Waals surface area contributed by atoms with Gasteiger partial charge >= 0.3 is 56.0 Å². The zero-order valence-electron chi connectivity index (χ0n) is 4.51. The van der Waals surface area contributed by atoms with Gasteiger partial charge < -0.3 is 12.4 Å². The first-order valence-corrected chi connectivity index (χ1v) is 2.68. The van der Waals surface area contributed by atoms with Crippen molar-refractivity contribution in [2.24, 2.45) is 0 Å². The van der Waals surface area contributed by atoms with Crippen LogP contribution in [0.25, 0.3) is 0 Å². The molecule has 3 heteroatoms. The first kappa shape index (κ1) is 8.82. The zero-order chi connectivity index (χ0) is 5.82. The van der Waals surface area contributed by atoms with E-state index < -0.39 is 0 Å². The molecule has 0 radical (unpaired) electrons. The number of halogens is 1. The van der Waals surface area contributed by atoms with Gasteiger partial charge in [-0.3, -0.25) is 0 Å². The van der Waals surface area contributed by atoms with Crippen molar-refractivity contribution < 1.29 is 32.3 Å².